The van der Waals surface area contributed by atoms with E-state index in [2.05, 4.69) is 4.98 Å². The summed E-state index contributed by atoms with van der Waals surface area (Å²) in [7, 11) is 0. The van der Waals surface area contributed by atoms with Crippen LogP contribution in [0.4, 0.5) is 0 Å². The fourth-order valence-electron chi connectivity index (χ4n) is 1.96. The molecule has 0 saturated heterocycles. The average molecular weight is 256 g/mol. The molecule has 1 amide bonds. The Morgan fingerprint density at radius 1 is 1.32 bits per heavy atom. The second-order valence-electron chi connectivity index (χ2n) is 4.10. The second-order valence-corrected chi connectivity index (χ2v) is 4.10. The Bertz CT molecular complexity index is 729. The molecule has 0 unspecified atom stereocenters. The maximum Gasteiger partial charge on any atom is 0.300 e. The van der Waals surface area contributed by atoms with E-state index in [-0.39, 0.29) is 5.76 Å². The summed E-state index contributed by atoms with van der Waals surface area (Å²) >= 11 is 0. The number of nitrogens with zero attached hydrogens (tertiary/aromatic N) is 2. The lowest BCUT2D eigenvalue weighted by Crippen LogP contribution is -2.29. The van der Waals surface area contributed by atoms with Gasteiger partial charge in [-0.2, -0.15) is 0 Å². The van der Waals surface area contributed by atoms with Crippen molar-refractivity contribution in [3.63, 3.8) is 0 Å². The Morgan fingerprint density at radius 2 is 2.16 bits per heavy atom. The number of hydrogen-bond acceptors (Lipinski definition) is 4. The summed E-state index contributed by atoms with van der Waals surface area (Å²) in [6.45, 7) is 0.512. The number of fused-ring (bicyclic) bond motifs is 1. The molecule has 0 bridgehead atoms. The summed E-state index contributed by atoms with van der Waals surface area (Å²) in [5, 5.41) is 0. The maximum absolute atomic E-state index is 11.3. The number of benzene rings is 1. The maximum atomic E-state index is 11.3. The van der Waals surface area contributed by atoms with Crippen molar-refractivity contribution in [1.29, 1.82) is 0 Å². The molecule has 0 saturated carbocycles. The van der Waals surface area contributed by atoms with E-state index >= 15 is 0 Å². The van der Waals surface area contributed by atoms with Gasteiger partial charge in [-0.3, -0.25) is 10.2 Å². The number of hydrogen-bond donors (Lipinski definition) is 2. The van der Waals surface area contributed by atoms with Crippen molar-refractivity contribution in [1.82, 2.24) is 15.0 Å². The number of nitrogen functional groups attached to an aromatic ring is 1. The summed E-state index contributed by atoms with van der Waals surface area (Å²) in [6, 6.07) is 11.2. The van der Waals surface area contributed by atoms with Crippen LogP contribution in [0.2, 0.25) is 0 Å². The molecule has 0 fully saturated rings. The molecule has 3 rings (SSSR count). The smallest absolute Gasteiger partial charge is 0.300 e. The fraction of sp³-hybridized carbons (Fsp3) is 0.0769. The fourth-order valence-corrected chi connectivity index (χ4v) is 1.96. The average Bonchev–Trinajstić information content (AvgIpc) is 3.06. The first-order chi connectivity index (χ1) is 9.28. The minimum Gasteiger partial charge on any atom is -0.454 e. The lowest BCUT2D eigenvalue weighted by Gasteiger charge is -2.01. The standard InChI is InChI=1S/C13H12N4O2/c14-16-13(18)12-6-5-9(19-12)7-17-8-15-10-3-1-2-4-11(10)17/h1-6,8H,7,14H2,(H,16,18). The zero-order valence-corrected chi connectivity index (χ0v) is 10.0. The number of carbonyl (C=O) groups is 1. The van der Waals surface area contributed by atoms with Gasteiger partial charge in [0, 0.05) is 0 Å². The molecule has 0 aliphatic heterocycles. The molecule has 0 aliphatic carbocycles. The van der Waals surface area contributed by atoms with Crippen LogP contribution in [-0.4, -0.2) is 15.5 Å². The van der Waals surface area contributed by atoms with Crippen LogP contribution in [0.5, 0.6) is 0 Å². The van der Waals surface area contributed by atoms with Crippen molar-refractivity contribution >= 4 is 16.9 Å². The number of aromatic nitrogens is 2. The van der Waals surface area contributed by atoms with E-state index in [1.54, 1.807) is 18.5 Å². The highest BCUT2D eigenvalue weighted by Crippen LogP contribution is 2.15. The van der Waals surface area contributed by atoms with Gasteiger partial charge in [0.05, 0.1) is 23.9 Å². The van der Waals surface area contributed by atoms with E-state index in [0.717, 1.165) is 11.0 Å². The van der Waals surface area contributed by atoms with Gasteiger partial charge in [0.1, 0.15) is 5.76 Å². The van der Waals surface area contributed by atoms with Crippen LogP contribution in [0.15, 0.2) is 47.1 Å². The highest BCUT2D eigenvalue weighted by Gasteiger charge is 2.10. The van der Waals surface area contributed by atoms with Gasteiger partial charge in [-0.1, -0.05) is 12.1 Å². The van der Waals surface area contributed by atoms with Crippen LogP contribution in [0.3, 0.4) is 0 Å². The lowest BCUT2D eigenvalue weighted by molar-refractivity contribution is 0.0924. The van der Waals surface area contributed by atoms with Crippen LogP contribution < -0.4 is 11.3 Å². The van der Waals surface area contributed by atoms with Crippen molar-refractivity contribution < 1.29 is 9.21 Å². The van der Waals surface area contributed by atoms with Gasteiger partial charge < -0.3 is 8.98 Å². The van der Waals surface area contributed by atoms with Gasteiger partial charge in [0.25, 0.3) is 0 Å². The largest absolute Gasteiger partial charge is 0.454 e. The second kappa shape index (κ2) is 4.58. The van der Waals surface area contributed by atoms with Crippen molar-refractivity contribution in [2.45, 2.75) is 6.54 Å². The van der Waals surface area contributed by atoms with E-state index in [1.165, 1.54) is 0 Å². The van der Waals surface area contributed by atoms with Gasteiger partial charge in [-0.15, -0.1) is 0 Å². The number of furan rings is 1. The number of imidazole rings is 1. The third kappa shape index (κ3) is 2.09. The lowest BCUT2D eigenvalue weighted by atomic mass is 10.3. The molecule has 6 heteroatoms. The van der Waals surface area contributed by atoms with Crippen LogP contribution >= 0.6 is 0 Å². The van der Waals surface area contributed by atoms with E-state index in [0.29, 0.717) is 12.3 Å². The van der Waals surface area contributed by atoms with Crippen molar-refractivity contribution in [2.75, 3.05) is 0 Å². The van der Waals surface area contributed by atoms with Gasteiger partial charge in [-0.05, 0) is 24.3 Å². The summed E-state index contributed by atoms with van der Waals surface area (Å²) in [5.41, 5.74) is 3.97. The summed E-state index contributed by atoms with van der Waals surface area (Å²) in [6.07, 6.45) is 1.75. The first-order valence-corrected chi connectivity index (χ1v) is 5.77. The van der Waals surface area contributed by atoms with Crippen molar-refractivity contribution in [3.05, 3.63) is 54.2 Å². The molecule has 19 heavy (non-hydrogen) atoms. The number of amides is 1. The highest BCUT2D eigenvalue weighted by atomic mass is 16.4. The molecule has 0 spiro atoms. The van der Waals surface area contributed by atoms with Crippen LogP contribution in [-0.2, 0) is 6.54 Å². The van der Waals surface area contributed by atoms with E-state index in [1.807, 2.05) is 34.3 Å². The topological polar surface area (TPSA) is 86.1 Å². The molecule has 3 N–H and O–H groups in total. The number of carbonyl (C=O) groups excluding carboxylic acids is 1. The Morgan fingerprint density at radius 3 is 3.00 bits per heavy atom. The van der Waals surface area contributed by atoms with Crippen LogP contribution in [0, 0.1) is 0 Å². The zero-order valence-electron chi connectivity index (χ0n) is 10.0. The van der Waals surface area contributed by atoms with E-state index in [4.69, 9.17) is 10.3 Å². The molecule has 0 atom stereocenters. The quantitative estimate of drug-likeness (QED) is 0.420. The number of nitrogens with one attached hydrogen (secondary N) is 1. The monoisotopic (exact) mass is 256 g/mol. The predicted molar refractivity (Wildman–Crippen MR) is 69.2 cm³/mol. The van der Waals surface area contributed by atoms with E-state index < -0.39 is 5.91 Å². The molecular weight excluding hydrogens is 244 g/mol. The van der Waals surface area contributed by atoms with Gasteiger partial charge in [-0.25, -0.2) is 10.8 Å². The highest BCUT2D eigenvalue weighted by molar-refractivity contribution is 5.90. The molecule has 1 aromatic carbocycles. The molecular formula is C13H12N4O2. The summed E-state index contributed by atoms with van der Waals surface area (Å²) in [5.74, 6) is 5.47. The normalized spacial score (nSPS) is 10.8. The Labute approximate surface area is 108 Å². The zero-order chi connectivity index (χ0) is 13.2. The summed E-state index contributed by atoms with van der Waals surface area (Å²) < 4.78 is 7.37. The molecule has 0 aliphatic rings. The predicted octanol–water partition coefficient (Wildman–Crippen LogP) is 1.28. The van der Waals surface area contributed by atoms with Gasteiger partial charge in [0.15, 0.2) is 5.76 Å². The Hall–Kier alpha value is -2.60. The van der Waals surface area contributed by atoms with Crippen molar-refractivity contribution in [2.24, 2.45) is 5.84 Å². The van der Waals surface area contributed by atoms with Gasteiger partial charge in [0.2, 0.25) is 0 Å². The summed E-state index contributed by atoms with van der Waals surface area (Å²) in [4.78, 5) is 15.6. The third-order valence-corrected chi connectivity index (χ3v) is 2.87. The molecule has 6 nitrogen and oxygen atoms in total. The number of hydrazine groups is 1. The van der Waals surface area contributed by atoms with E-state index in [9.17, 15) is 4.79 Å². The molecule has 0 radical (unpaired) electrons. The first-order valence-electron chi connectivity index (χ1n) is 5.77. The minimum atomic E-state index is -0.443. The van der Waals surface area contributed by atoms with Crippen molar-refractivity contribution in [3.8, 4) is 0 Å². The molecule has 3 aromatic rings. The minimum absolute atomic E-state index is 0.196. The molecule has 2 heterocycles. The number of para-hydroxylation sites is 2. The number of nitrogens with two attached hydrogens (primary N) is 1. The Kier molecular flexibility index (Phi) is 2.77. The van der Waals surface area contributed by atoms with Gasteiger partial charge >= 0.3 is 5.91 Å². The van der Waals surface area contributed by atoms with Crippen LogP contribution in [0.1, 0.15) is 16.3 Å². The molecule has 96 valence electrons. The Balaban J connectivity index is 1.89. The molecule has 2 aromatic heterocycles. The number of rotatable bonds is 3. The SMILES string of the molecule is NNC(=O)c1ccc(Cn2cnc3ccccc32)o1. The van der Waals surface area contributed by atoms with Crippen LogP contribution in [0.25, 0.3) is 11.0 Å². The first kappa shape index (κ1) is 11.5. The third-order valence-electron chi connectivity index (χ3n) is 2.87.